The molecule has 0 aliphatic carbocycles. The van der Waals surface area contributed by atoms with Gasteiger partial charge in [-0.25, -0.2) is 14.2 Å². The molecule has 0 fully saturated rings. The number of hydrogen-bond donors (Lipinski definition) is 1. The van der Waals surface area contributed by atoms with E-state index in [0.717, 1.165) is 5.56 Å². The van der Waals surface area contributed by atoms with Gasteiger partial charge in [-0.2, -0.15) is 0 Å². The fraction of sp³-hybridized carbons (Fsp3) is 0.231. The second-order valence-corrected chi connectivity index (χ2v) is 5.67. The lowest BCUT2D eigenvalue weighted by atomic mass is 10.2. The number of esters is 1. The van der Waals surface area contributed by atoms with Gasteiger partial charge in [0, 0.05) is 5.69 Å². The van der Waals surface area contributed by atoms with Crippen LogP contribution >= 0.6 is 27.3 Å². The monoisotopic (exact) mass is 358 g/mol. The standard InChI is InChI=1S/C13H12BrFN2O2S/c1-3-19-13(18)11-12(20-6-16-11)17-10-5-9(15)8(14)4-7(10)2/h4-6,17H,3H2,1-2H3. The molecule has 2 aromatic rings. The summed E-state index contributed by atoms with van der Waals surface area (Å²) in [5.74, 6) is -0.869. The van der Waals surface area contributed by atoms with Crippen LogP contribution in [0.5, 0.6) is 0 Å². The lowest BCUT2D eigenvalue weighted by molar-refractivity contribution is 0.0521. The van der Waals surface area contributed by atoms with Gasteiger partial charge in [0.15, 0.2) is 5.69 Å². The summed E-state index contributed by atoms with van der Waals surface area (Å²) in [4.78, 5) is 15.7. The van der Waals surface area contributed by atoms with Crippen LogP contribution < -0.4 is 5.32 Å². The molecule has 7 heteroatoms. The van der Waals surface area contributed by atoms with E-state index in [0.29, 0.717) is 15.2 Å². The van der Waals surface area contributed by atoms with Crippen LogP contribution in [-0.4, -0.2) is 17.6 Å². The summed E-state index contributed by atoms with van der Waals surface area (Å²) in [6, 6.07) is 3.04. The predicted octanol–water partition coefficient (Wildman–Crippen LogP) is 4.27. The second-order valence-electron chi connectivity index (χ2n) is 3.96. The molecule has 0 bridgehead atoms. The van der Waals surface area contributed by atoms with E-state index in [1.807, 2.05) is 6.92 Å². The van der Waals surface area contributed by atoms with E-state index in [-0.39, 0.29) is 18.1 Å². The van der Waals surface area contributed by atoms with Crippen molar-refractivity contribution in [2.75, 3.05) is 11.9 Å². The zero-order valence-electron chi connectivity index (χ0n) is 10.9. The van der Waals surface area contributed by atoms with Gasteiger partial charge in [0.25, 0.3) is 0 Å². The van der Waals surface area contributed by atoms with Crippen molar-refractivity contribution in [3.8, 4) is 0 Å². The first-order chi connectivity index (χ1) is 9.52. The lowest BCUT2D eigenvalue weighted by Crippen LogP contribution is -2.07. The number of aromatic nitrogens is 1. The van der Waals surface area contributed by atoms with Gasteiger partial charge in [0.1, 0.15) is 10.8 Å². The Morgan fingerprint density at radius 3 is 3.00 bits per heavy atom. The van der Waals surface area contributed by atoms with Gasteiger partial charge in [-0.05, 0) is 47.5 Å². The molecule has 2 rings (SSSR count). The van der Waals surface area contributed by atoms with Gasteiger partial charge in [-0.1, -0.05) is 0 Å². The van der Waals surface area contributed by atoms with Gasteiger partial charge < -0.3 is 10.1 Å². The van der Waals surface area contributed by atoms with Crippen molar-refractivity contribution in [3.63, 3.8) is 0 Å². The Balaban J connectivity index is 2.29. The Morgan fingerprint density at radius 1 is 1.55 bits per heavy atom. The Morgan fingerprint density at radius 2 is 2.30 bits per heavy atom. The molecule has 0 radical (unpaired) electrons. The van der Waals surface area contributed by atoms with Gasteiger partial charge >= 0.3 is 5.97 Å². The molecule has 1 heterocycles. The number of carbonyl (C=O) groups is 1. The molecule has 106 valence electrons. The number of ether oxygens (including phenoxy) is 1. The Labute approximate surface area is 128 Å². The first kappa shape index (κ1) is 14.9. The highest BCUT2D eigenvalue weighted by atomic mass is 79.9. The first-order valence-corrected chi connectivity index (χ1v) is 7.53. The summed E-state index contributed by atoms with van der Waals surface area (Å²) < 4.78 is 18.9. The van der Waals surface area contributed by atoms with E-state index < -0.39 is 5.97 Å². The number of nitrogens with zero attached hydrogens (tertiary/aromatic N) is 1. The fourth-order valence-electron chi connectivity index (χ4n) is 1.58. The molecule has 0 aliphatic rings. The predicted molar refractivity (Wildman–Crippen MR) is 80.2 cm³/mol. The molecule has 0 saturated carbocycles. The SMILES string of the molecule is CCOC(=O)c1ncsc1Nc1cc(F)c(Br)cc1C. The van der Waals surface area contributed by atoms with Gasteiger partial charge in [-0.15, -0.1) is 11.3 Å². The Hall–Kier alpha value is -1.47. The Bertz CT molecular complexity index is 645. The van der Waals surface area contributed by atoms with Crippen LogP contribution in [0.25, 0.3) is 0 Å². The minimum absolute atomic E-state index is 0.208. The third-order valence-corrected chi connectivity index (χ3v) is 3.90. The molecule has 4 nitrogen and oxygen atoms in total. The number of thiazole rings is 1. The van der Waals surface area contributed by atoms with Crippen LogP contribution in [0, 0.1) is 12.7 Å². The van der Waals surface area contributed by atoms with Gasteiger partial charge in [0.05, 0.1) is 16.6 Å². The highest BCUT2D eigenvalue weighted by Gasteiger charge is 2.17. The number of aryl methyl sites for hydroxylation is 1. The lowest BCUT2D eigenvalue weighted by Gasteiger charge is -2.10. The molecule has 0 atom stereocenters. The third kappa shape index (κ3) is 3.16. The largest absolute Gasteiger partial charge is 0.461 e. The first-order valence-electron chi connectivity index (χ1n) is 5.86. The average Bonchev–Trinajstić information content (AvgIpc) is 2.84. The summed E-state index contributed by atoms with van der Waals surface area (Å²) in [7, 11) is 0. The number of carbonyl (C=O) groups excluding carboxylic acids is 1. The quantitative estimate of drug-likeness (QED) is 0.829. The molecule has 20 heavy (non-hydrogen) atoms. The molecular formula is C13H12BrFN2O2S. The molecular weight excluding hydrogens is 347 g/mol. The van der Waals surface area contributed by atoms with Crippen molar-refractivity contribution in [2.45, 2.75) is 13.8 Å². The highest BCUT2D eigenvalue weighted by Crippen LogP contribution is 2.30. The molecule has 0 unspecified atom stereocenters. The Kier molecular flexibility index (Phi) is 4.72. The molecule has 1 aromatic carbocycles. The molecule has 1 N–H and O–H groups in total. The van der Waals surface area contributed by atoms with E-state index >= 15 is 0 Å². The van der Waals surface area contributed by atoms with E-state index in [1.54, 1.807) is 18.5 Å². The number of hydrogen-bond acceptors (Lipinski definition) is 5. The summed E-state index contributed by atoms with van der Waals surface area (Å²) in [6.07, 6.45) is 0. The van der Waals surface area contributed by atoms with E-state index in [9.17, 15) is 9.18 Å². The molecule has 1 aromatic heterocycles. The van der Waals surface area contributed by atoms with Crippen LogP contribution in [0.1, 0.15) is 23.0 Å². The number of anilines is 2. The number of rotatable bonds is 4. The topological polar surface area (TPSA) is 51.2 Å². The van der Waals surface area contributed by atoms with Crippen LogP contribution in [0.15, 0.2) is 22.1 Å². The van der Waals surface area contributed by atoms with Crippen LogP contribution in [0.4, 0.5) is 15.1 Å². The van der Waals surface area contributed by atoms with E-state index in [2.05, 4.69) is 26.2 Å². The van der Waals surface area contributed by atoms with Crippen LogP contribution in [0.2, 0.25) is 0 Å². The fourth-order valence-corrected chi connectivity index (χ4v) is 2.72. The molecule has 0 saturated heterocycles. The maximum atomic E-state index is 13.6. The normalized spacial score (nSPS) is 10.4. The molecule has 0 aliphatic heterocycles. The van der Waals surface area contributed by atoms with Crippen molar-refractivity contribution in [1.29, 1.82) is 0 Å². The van der Waals surface area contributed by atoms with Crippen LogP contribution in [0.3, 0.4) is 0 Å². The summed E-state index contributed by atoms with van der Waals surface area (Å²) in [5.41, 5.74) is 3.18. The number of benzene rings is 1. The minimum Gasteiger partial charge on any atom is -0.461 e. The van der Waals surface area contributed by atoms with Crippen molar-refractivity contribution < 1.29 is 13.9 Å². The maximum absolute atomic E-state index is 13.6. The number of nitrogens with one attached hydrogen (secondary N) is 1. The van der Waals surface area contributed by atoms with E-state index in [4.69, 9.17) is 4.74 Å². The van der Waals surface area contributed by atoms with Crippen molar-refractivity contribution in [3.05, 3.63) is 39.2 Å². The van der Waals surface area contributed by atoms with E-state index in [1.165, 1.54) is 17.4 Å². The maximum Gasteiger partial charge on any atom is 0.360 e. The van der Waals surface area contributed by atoms with Crippen LogP contribution in [-0.2, 0) is 4.74 Å². The van der Waals surface area contributed by atoms with Crippen molar-refractivity contribution in [1.82, 2.24) is 4.98 Å². The van der Waals surface area contributed by atoms with Gasteiger partial charge in [0.2, 0.25) is 0 Å². The van der Waals surface area contributed by atoms with Crippen molar-refractivity contribution >= 4 is 43.9 Å². The van der Waals surface area contributed by atoms with Gasteiger partial charge in [-0.3, -0.25) is 0 Å². The summed E-state index contributed by atoms with van der Waals surface area (Å²) in [5, 5.41) is 3.56. The zero-order chi connectivity index (χ0) is 14.7. The summed E-state index contributed by atoms with van der Waals surface area (Å²) in [6.45, 7) is 3.85. The summed E-state index contributed by atoms with van der Waals surface area (Å²) >= 11 is 4.39. The average molecular weight is 359 g/mol. The minimum atomic E-state index is -0.494. The third-order valence-electron chi connectivity index (χ3n) is 2.55. The van der Waals surface area contributed by atoms with Crippen molar-refractivity contribution in [2.24, 2.45) is 0 Å². The molecule has 0 amide bonds. The highest BCUT2D eigenvalue weighted by molar-refractivity contribution is 9.10. The second kappa shape index (κ2) is 6.32. The zero-order valence-corrected chi connectivity index (χ0v) is 13.3. The smallest absolute Gasteiger partial charge is 0.360 e. The molecule has 0 spiro atoms. The number of halogens is 2.